The van der Waals surface area contributed by atoms with Crippen molar-refractivity contribution < 1.29 is 14.6 Å². The summed E-state index contributed by atoms with van der Waals surface area (Å²) in [5, 5.41) is 16.8. The molecule has 5 aliphatic rings. The summed E-state index contributed by atoms with van der Waals surface area (Å²) in [6.45, 7) is 3.74. The van der Waals surface area contributed by atoms with E-state index in [1.165, 1.54) is 12.0 Å². The first-order chi connectivity index (χ1) is 20.4. The monoisotopic (exact) mass is 588 g/mol. The Bertz CT molecular complexity index is 1600. The summed E-state index contributed by atoms with van der Waals surface area (Å²) in [5.41, 5.74) is 5.01. The standard InChI is InChI=1S/C32H37ClN6O3/c1-36-11-4-6-20(36)17-42-31-30-28(39-15-19-8-9-24(34-19)29(39)32(41)37(30)2)22-10-12-38(16-25(22)35-31)26-14-21(40)13-18-5-3-7-23(33)27(18)26/h3,5,7,13-14,19-20,24,29,34,40H,4,6,8-12,15-17H2,1-2H3. The third kappa shape index (κ3) is 4.04. The maximum atomic E-state index is 13.9. The molecule has 4 atom stereocenters. The van der Waals surface area contributed by atoms with Gasteiger partial charge < -0.3 is 34.8 Å². The van der Waals surface area contributed by atoms with Crippen LogP contribution in [0.2, 0.25) is 5.02 Å². The Morgan fingerprint density at radius 3 is 2.86 bits per heavy atom. The number of hydrogen-bond donors (Lipinski definition) is 2. The minimum atomic E-state index is -0.214. The van der Waals surface area contributed by atoms with Gasteiger partial charge in [-0.1, -0.05) is 23.7 Å². The van der Waals surface area contributed by atoms with Crippen LogP contribution in [0.4, 0.5) is 17.1 Å². The van der Waals surface area contributed by atoms with Crippen LogP contribution in [-0.2, 0) is 17.8 Å². The van der Waals surface area contributed by atoms with Gasteiger partial charge in [0.25, 0.3) is 5.91 Å². The van der Waals surface area contributed by atoms with Crippen molar-refractivity contribution in [2.75, 3.05) is 55.0 Å². The Labute approximate surface area is 251 Å². The van der Waals surface area contributed by atoms with Crippen molar-refractivity contribution in [1.82, 2.24) is 15.2 Å². The summed E-state index contributed by atoms with van der Waals surface area (Å²) in [7, 11) is 4.04. The molecule has 3 fully saturated rings. The number of benzene rings is 2. The lowest BCUT2D eigenvalue weighted by molar-refractivity contribution is -0.120. The van der Waals surface area contributed by atoms with Gasteiger partial charge in [-0.2, -0.15) is 0 Å². The lowest BCUT2D eigenvalue weighted by atomic mass is 9.93. The van der Waals surface area contributed by atoms with E-state index in [0.717, 1.165) is 78.8 Å². The molecule has 5 aliphatic heterocycles. The van der Waals surface area contributed by atoms with Crippen LogP contribution in [0.25, 0.3) is 10.8 Å². The van der Waals surface area contributed by atoms with Crippen molar-refractivity contribution in [2.45, 2.75) is 62.8 Å². The lowest BCUT2D eigenvalue weighted by Gasteiger charge is -2.49. The molecule has 3 saturated heterocycles. The molecule has 42 heavy (non-hydrogen) atoms. The van der Waals surface area contributed by atoms with Crippen molar-refractivity contribution in [2.24, 2.45) is 0 Å². The summed E-state index contributed by atoms with van der Waals surface area (Å²) in [6.07, 6.45) is 5.14. The third-order valence-electron chi connectivity index (χ3n) is 10.2. The zero-order valence-corrected chi connectivity index (χ0v) is 24.9. The van der Waals surface area contributed by atoms with Crippen LogP contribution in [0.15, 0.2) is 30.3 Å². The lowest BCUT2D eigenvalue weighted by Crippen LogP contribution is -2.66. The van der Waals surface area contributed by atoms with E-state index in [1.54, 1.807) is 12.1 Å². The van der Waals surface area contributed by atoms with E-state index in [0.29, 0.717) is 36.1 Å². The quantitative estimate of drug-likeness (QED) is 0.475. The first-order valence-corrected chi connectivity index (χ1v) is 15.6. The number of fused-ring (bicyclic) bond motifs is 9. The fraction of sp³-hybridized carbons (Fsp3) is 0.500. The van der Waals surface area contributed by atoms with Gasteiger partial charge in [-0.3, -0.25) is 4.79 Å². The maximum absolute atomic E-state index is 13.9. The summed E-state index contributed by atoms with van der Waals surface area (Å²) in [6, 6.07) is 10.0. The number of halogens is 1. The van der Waals surface area contributed by atoms with E-state index in [2.05, 4.69) is 27.1 Å². The van der Waals surface area contributed by atoms with Crippen molar-refractivity contribution in [3.63, 3.8) is 0 Å². The molecule has 4 unspecified atom stereocenters. The Kier molecular flexibility index (Phi) is 6.21. The number of likely N-dealkylation sites (tertiary alicyclic amines) is 1. The fourth-order valence-corrected chi connectivity index (χ4v) is 8.34. The van der Waals surface area contributed by atoms with Gasteiger partial charge in [-0.15, -0.1) is 0 Å². The Hall–Kier alpha value is -3.27. The molecule has 2 aromatic carbocycles. The molecule has 1 aromatic heterocycles. The molecular formula is C32H37ClN6O3. The van der Waals surface area contributed by atoms with Crippen LogP contribution >= 0.6 is 11.6 Å². The number of nitrogens with one attached hydrogen (secondary N) is 1. The number of carbonyl (C=O) groups is 1. The summed E-state index contributed by atoms with van der Waals surface area (Å²) in [4.78, 5) is 27.9. The number of likely N-dealkylation sites (N-methyl/N-ethyl adjacent to an activating group) is 2. The second-order valence-electron chi connectivity index (χ2n) is 12.6. The number of carbonyl (C=O) groups excluding carboxylic acids is 1. The number of aromatic nitrogens is 1. The average molecular weight is 589 g/mol. The zero-order valence-electron chi connectivity index (χ0n) is 24.1. The Morgan fingerprint density at radius 2 is 2.02 bits per heavy atom. The third-order valence-corrected chi connectivity index (χ3v) is 10.5. The molecule has 220 valence electrons. The van der Waals surface area contributed by atoms with E-state index >= 15 is 0 Å². The van der Waals surface area contributed by atoms with Gasteiger partial charge in [0.15, 0.2) is 0 Å². The van der Waals surface area contributed by atoms with Gasteiger partial charge in [0.1, 0.15) is 24.1 Å². The number of phenols is 1. The highest BCUT2D eigenvalue weighted by Crippen LogP contribution is 2.49. The maximum Gasteiger partial charge on any atom is 0.251 e. The van der Waals surface area contributed by atoms with Crippen LogP contribution in [0.1, 0.15) is 36.9 Å². The van der Waals surface area contributed by atoms with Crippen LogP contribution in [0, 0.1) is 0 Å². The predicted octanol–water partition coefficient (Wildman–Crippen LogP) is 3.92. The Balaban J connectivity index is 1.24. The average Bonchev–Trinajstić information content (AvgIpc) is 3.57. The number of piperazine rings is 1. The molecule has 0 radical (unpaired) electrons. The molecule has 1 amide bonds. The van der Waals surface area contributed by atoms with Crippen LogP contribution < -0.4 is 24.8 Å². The molecule has 8 rings (SSSR count). The number of hydrogen-bond acceptors (Lipinski definition) is 8. The summed E-state index contributed by atoms with van der Waals surface area (Å²) < 4.78 is 6.57. The first-order valence-electron chi connectivity index (χ1n) is 15.2. The number of aromatic hydroxyl groups is 1. The van der Waals surface area contributed by atoms with E-state index < -0.39 is 0 Å². The Morgan fingerprint density at radius 1 is 1.14 bits per heavy atom. The molecule has 0 aliphatic carbocycles. The van der Waals surface area contributed by atoms with Gasteiger partial charge in [-0.05, 0) is 63.2 Å². The number of amides is 1. The first kappa shape index (κ1) is 26.4. The summed E-state index contributed by atoms with van der Waals surface area (Å²) in [5.74, 6) is 0.876. The van der Waals surface area contributed by atoms with Crippen LogP contribution in [0.3, 0.4) is 0 Å². The molecule has 9 nitrogen and oxygen atoms in total. The molecule has 2 bridgehead atoms. The van der Waals surface area contributed by atoms with Crippen molar-refractivity contribution in [3.05, 3.63) is 46.6 Å². The number of pyridine rings is 1. The van der Waals surface area contributed by atoms with Gasteiger partial charge in [0, 0.05) is 55.3 Å². The van der Waals surface area contributed by atoms with E-state index in [9.17, 15) is 9.90 Å². The highest BCUT2D eigenvalue weighted by atomic mass is 35.5. The number of phenolic OH excluding ortho intramolecular Hbond substituents is 1. The van der Waals surface area contributed by atoms with Gasteiger partial charge >= 0.3 is 0 Å². The number of anilines is 3. The van der Waals surface area contributed by atoms with E-state index in [1.807, 2.05) is 30.1 Å². The highest BCUT2D eigenvalue weighted by molar-refractivity contribution is 6.36. The minimum Gasteiger partial charge on any atom is -0.508 e. The van der Waals surface area contributed by atoms with Gasteiger partial charge in [0.2, 0.25) is 5.88 Å². The largest absolute Gasteiger partial charge is 0.508 e. The van der Waals surface area contributed by atoms with Crippen LogP contribution in [0.5, 0.6) is 11.6 Å². The number of nitrogens with zero attached hydrogens (tertiary/aromatic N) is 5. The zero-order chi connectivity index (χ0) is 28.7. The SMILES string of the molecule is CN1C(=O)C2C3CCC(CN2c2c4c(nc(OCC5CCCN5C)c21)CN(c1cc(O)cc2cccc(Cl)c12)CC4)N3. The smallest absolute Gasteiger partial charge is 0.251 e. The molecule has 0 saturated carbocycles. The summed E-state index contributed by atoms with van der Waals surface area (Å²) >= 11 is 6.71. The van der Waals surface area contributed by atoms with Crippen LogP contribution in [-0.4, -0.2) is 85.4 Å². The van der Waals surface area contributed by atoms with Crippen molar-refractivity contribution in [3.8, 4) is 11.6 Å². The molecule has 10 heteroatoms. The normalized spacial score (nSPS) is 26.9. The molecule has 3 aromatic rings. The van der Waals surface area contributed by atoms with E-state index in [-0.39, 0.29) is 23.7 Å². The number of rotatable bonds is 4. The molecular weight excluding hydrogens is 552 g/mol. The highest BCUT2D eigenvalue weighted by Gasteiger charge is 2.51. The van der Waals surface area contributed by atoms with E-state index in [4.69, 9.17) is 21.3 Å². The molecule has 2 N–H and O–H groups in total. The fourth-order valence-electron chi connectivity index (χ4n) is 8.06. The van der Waals surface area contributed by atoms with Gasteiger partial charge in [-0.25, -0.2) is 4.98 Å². The predicted molar refractivity (Wildman–Crippen MR) is 165 cm³/mol. The minimum absolute atomic E-state index is 0.114. The van der Waals surface area contributed by atoms with Crippen molar-refractivity contribution >= 4 is 45.3 Å². The second-order valence-corrected chi connectivity index (χ2v) is 13.1. The molecule has 6 heterocycles. The topological polar surface area (TPSA) is 84.4 Å². The number of ether oxygens (including phenoxy) is 1. The van der Waals surface area contributed by atoms with Crippen molar-refractivity contribution in [1.29, 1.82) is 0 Å². The molecule has 0 spiro atoms. The second kappa shape index (κ2) is 9.89. The van der Waals surface area contributed by atoms with Gasteiger partial charge in [0.05, 0.1) is 28.6 Å².